The number of piperidine rings is 1. The maximum atomic E-state index is 12.2. The normalized spacial score (nSPS) is 24.7. The van der Waals surface area contributed by atoms with Gasteiger partial charge in [-0.15, -0.1) is 0 Å². The molecule has 1 aromatic carbocycles. The minimum Gasteiger partial charge on any atom is -0.508 e. The first kappa shape index (κ1) is 11.9. The van der Waals surface area contributed by atoms with Gasteiger partial charge in [0, 0.05) is 24.2 Å². The lowest BCUT2D eigenvalue weighted by Gasteiger charge is -2.36. The second-order valence-electron chi connectivity index (χ2n) is 4.68. The number of carbonyl (C=O) groups is 1. The molecule has 17 heavy (non-hydrogen) atoms. The molecule has 1 aliphatic heterocycles. The van der Waals surface area contributed by atoms with Crippen LogP contribution >= 0.6 is 0 Å². The Morgan fingerprint density at radius 3 is 2.65 bits per heavy atom. The van der Waals surface area contributed by atoms with Crippen LogP contribution in [0.4, 0.5) is 0 Å². The van der Waals surface area contributed by atoms with Crippen molar-refractivity contribution < 1.29 is 9.90 Å². The summed E-state index contributed by atoms with van der Waals surface area (Å²) < 4.78 is 0. The van der Waals surface area contributed by atoms with Crippen LogP contribution in [-0.2, 0) is 0 Å². The molecule has 1 aliphatic rings. The van der Waals surface area contributed by atoms with Crippen molar-refractivity contribution in [3.8, 4) is 5.75 Å². The van der Waals surface area contributed by atoms with Gasteiger partial charge in [0.05, 0.1) is 0 Å². The summed E-state index contributed by atoms with van der Waals surface area (Å²) in [5.41, 5.74) is 6.49. The highest BCUT2D eigenvalue weighted by molar-refractivity contribution is 5.94. The molecule has 3 N–H and O–H groups in total. The Hall–Kier alpha value is -1.55. The van der Waals surface area contributed by atoms with Crippen molar-refractivity contribution in [1.82, 2.24) is 4.90 Å². The minimum atomic E-state index is 0.0180. The Labute approximate surface area is 101 Å². The van der Waals surface area contributed by atoms with Crippen LogP contribution in [0, 0.1) is 0 Å². The highest BCUT2D eigenvalue weighted by Gasteiger charge is 2.27. The van der Waals surface area contributed by atoms with Gasteiger partial charge in [-0.1, -0.05) is 0 Å². The van der Waals surface area contributed by atoms with Crippen LogP contribution in [0.25, 0.3) is 0 Å². The number of nitrogens with zero attached hydrogens (tertiary/aromatic N) is 1. The van der Waals surface area contributed by atoms with Crippen LogP contribution in [-0.4, -0.2) is 34.5 Å². The fourth-order valence-electron chi connectivity index (χ4n) is 2.28. The molecule has 0 aliphatic carbocycles. The van der Waals surface area contributed by atoms with Crippen molar-refractivity contribution in [2.24, 2.45) is 5.73 Å². The van der Waals surface area contributed by atoms with Gasteiger partial charge >= 0.3 is 0 Å². The lowest BCUT2D eigenvalue weighted by Crippen LogP contribution is -2.48. The lowest BCUT2D eigenvalue weighted by molar-refractivity contribution is 0.0619. The molecule has 1 amide bonds. The van der Waals surface area contributed by atoms with E-state index in [0.717, 1.165) is 12.8 Å². The first-order chi connectivity index (χ1) is 8.08. The van der Waals surface area contributed by atoms with E-state index in [1.165, 1.54) is 12.1 Å². The SMILES string of the molecule is CC1CC(N)CCN1C(=O)c1ccc(O)cc1. The fraction of sp³-hybridized carbons (Fsp3) is 0.462. The van der Waals surface area contributed by atoms with E-state index in [9.17, 15) is 9.90 Å². The van der Waals surface area contributed by atoms with E-state index in [2.05, 4.69) is 0 Å². The zero-order valence-electron chi connectivity index (χ0n) is 9.97. The largest absolute Gasteiger partial charge is 0.508 e. The number of rotatable bonds is 1. The number of phenols is 1. The molecular formula is C13H18N2O2. The Bertz CT molecular complexity index is 402. The summed E-state index contributed by atoms with van der Waals surface area (Å²) in [6.45, 7) is 2.74. The number of aromatic hydroxyl groups is 1. The lowest BCUT2D eigenvalue weighted by atomic mass is 9.98. The molecule has 2 unspecified atom stereocenters. The second kappa shape index (κ2) is 4.75. The van der Waals surface area contributed by atoms with Crippen LogP contribution in [0.5, 0.6) is 5.75 Å². The van der Waals surface area contributed by atoms with Gasteiger partial charge in [0.15, 0.2) is 0 Å². The summed E-state index contributed by atoms with van der Waals surface area (Å²) in [5, 5.41) is 9.19. The van der Waals surface area contributed by atoms with E-state index in [0.29, 0.717) is 12.1 Å². The number of amides is 1. The summed E-state index contributed by atoms with van der Waals surface area (Å²) in [6.07, 6.45) is 1.71. The van der Waals surface area contributed by atoms with Gasteiger partial charge in [-0.05, 0) is 44.0 Å². The molecule has 2 rings (SSSR count). The molecule has 0 radical (unpaired) electrons. The Morgan fingerprint density at radius 2 is 2.06 bits per heavy atom. The number of phenolic OH excluding ortho intramolecular Hbond substituents is 1. The monoisotopic (exact) mass is 234 g/mol. The van der Waals surface area contributed by atoms with E-state index in [1.807, 2.05) is 11.8 Å². The van der Waals surface area contributed by atoms with Gasteiger partial charge in [-0.2, -0.15) is 0 Å². The molecule has 4 nitrogen and oxygen atoms in total. The molecule has 0 saturated carbocycles. The maximum absolute atomic E-state index is 12.2. The van der Waals surface area contributed by atoms with Gasteiger partial charge in [0.25, 0.3) is 5.91 Å². The first-order valence-corrected chi connectivity index (χ1v) is 5.93. The van der Waals surface area contributed by atoms with E-state index in [4.69, 9.17) is 5.73 Å². The van der Waals surface area contributed by atoms with Crippen LogP contribution in [0.15, 0.2) is 24.3 Å². The highest BCUT2D eigenvalue weighted by atomic mass is 16.3. The third-order valence-corrected chi connectivity index (χ3v) is 3.29. The molecule has 1 saturated heterocycles. The maximum Gasteiger partial charge on any atom is 0.254 e. The van der Waals surface area contributed by atoms with E-state index in [-0.39, 0.29) is 23.7 Å². The van der Waals surface area contributed by atoms with Gasteiger partial charge in [-0.3, -0.25) is 4.79 Å². The molecular weight excluding hydrogens is 216 g/mol. The molecule has 1 heterocycles. The van der Waals surface area contributed by atoms with Crippen molar-refractivity contribution >= 4 is 5.91 Å². The molecule has 1 fully saturated rings. The van der Waals surface area contributed by atoms with Gasteiger partial charge in [-0.25, -0.2) is 0 Å². The fourth-order valence-corrected chi connectivity index (χ4v) is 2.28. The van der Waals surface area contributed by atoms with Crippen LogP contribution < -0.4 is 5.73 Å². The van der Waals surface area contributed by atoms with Crippen molar-refractivity contribution in [1.29, 1.82) is 0 Å². The van der Waals surface area contributed by atoms with Crippen LogP contribution in [0.3, 0.4) is 0 Å². The number of nitrogens with two attached hydrogens (primary N) is 1. The summed E-state index contributed by atoms with van der Waals surface area (Å²) in [5.74, 6) is 0.194. The summed E-state index contributed by atoms with van der Waals surface area (Å²) in [4.78, 5) is 14.1. The quantitative estimate of drug-likeness (QED) is 0.770. The third kappa shape index (κ3) is 2.58. The minimum absolute atomic E-state index is 0.0180. The molecule has 0 bridgehead atoms. The average Bonchev–Trinajstić information content (AvgIpc) is 2.29. The van der Waals surface area contributed by atoms with E-state index in [1.54, 1.807) is 12.1 Å². The molecule has 92 valence electrons. The van der Waals surface area contributed by atoms with Crippen molar-refractivity contribution in [3.63, 3.8) is 0 Å². The standard InChI is InChI=1S/C13H18N2O2/c1-9-8-11(14)6-7-15(9)13(17)10-2-4-12(16)5-3-10/h2-5,9,11,16H,6-8,14H2,1H3. The van der Waals surface area contributed by atoms with Crippen LogP contribution in [0.2, 0.25) is 0 Å². The van der Waals surface area contributed by atoms with Gasteiger partial charge < -0.3 is 15.7 Å². The molecule has 2 atom stereocenters. The Balaban J connectivity index is 2.12. The average molecular weight is 234 g/mol. The van der Waals surface area contributed by atoms with Gasteiger partial charge in [0.1, 0.15) is 5.75 Å². The molecule has 0 spiro atoms. The van der Waals surface area contributed by atoms with E-state index >= 15 is 0 Å². The summed E-state index contributed by atoms with van der Waals surface area (Å²) in [7, 11) is 0. The topological polar surface area (TPSA) is 66.6 Å². The molecule has 0 aromatic heterocycles. The smallest absolute Gasteiger partial charge is 0.254 e. The first-order valence-electron chi connectivity index (χ1n) is 5.93. The number of carbonyl (C=O) groups excluding carboxylic acids is 1. The van der Waals surface area contributed by atoms with Crippen molar-refractivity contribution in [2.45, 2.75) is 31.8 Å². The number of hydrogen-bond donors (Lipinski definition) is 2. The highest BCUT2D eigenvalue weighted by Crippen LogP contribution is 2.19. The number of benzene rings is 1. The summed E-state index contributed by atoms with van der Waals surface area (Å²) in [6, 6.07) is 6.76. The Kier molecular flexibility index (Phi) is 3.33. The number of likely N-dealkylation sites (tertiary alicyclic amines) is 1. The zero-order valence-corrected chi connectivity index (χ0v) is 9.97. The third-order valence-electron chi connectivity index (χ3n) is 3.29. The summed E-state index contributed by atoms with van der Waals surface area (Å²) >= 11 is 0. The molecule has 1 aromatic rings. The predicted octanol–water partition coefficient (Wildman–Crippen LogP) is 1.34. The Morgan fingerprint density at radius 1 is 1.41 bits per heavy atom. The number of hydrogen-bond acceptors (Lipinski definition) is 3. The zero-order chi connectivity index (χ0) is 12.4. The molecule has 4 heteroatoms. The van der Waals surface area contributed by atoms with Crippen molar-refractivity contribution in [3.05, 3.63) is 29.8 Å². The van der Waals surface area contributed by atoms with E-state index < -0.39 is 0 Å². The van der Waals surface area contributed by atoms with Gasteiger partial charge in [0.2, 0.25) is 0 Å². The van der Waals surface area contributed by atoms with Crippen LogP contribution in [0.1, 0.15) is 30.1 Å². The predicted molar refractivity (Wildman–Crippen MR) is 65.8 cm³/mol. The van der Waals surface area contributed by atoms with Crippen molar-refractivity contribution in [2.75, 3.05) is 6.54 Å². The second-order valence-corrected chi connectivity index (χ2v) is 4.68.